The number of anilines is 1. The van der Waals surface area contributed by atoms with Gasteiger partial charge in [0.25, 0.3) is 0 Å². The Morgan fingerprint density at radius 2 is 1.95 bits per heavy atom. The van der Waals surface area contributed by atoms with Crippen molar-refractivity contribution in [3.8, 4) is 0 Å². The fraction of sp³-hybridized carbons (Fsp3) is 0.400. The molecule has 1 saturated carbocycles. The van der Waals surface area contributed by atoms with Crippen molar-refractivity contribution >= 4 is 41.5 Å². The molecule has 1 aliphatic carbocycles. The molecule has 1 fully saturated rings. The van der Waals surface area contributed by atoms with Gasteiger partial charge in [0.05, 0.1) is 5.52 Å². The Bertz CT molecular complexity index is 659. The number of para-hydroxylation sites is 1. The molecule has 3 N–H and O–H groups in total. The highest BCUT2D eigenvalue weighted by Crippen LogP contribution is 2.25. The number of likely N-dealkylation sites (N-methyl/N-ethyl adjacent to an activating group) is 1. The van der Waals surface area contributed by atoms with E-state index in [4.69, 9.17) is 5.73 Å². The first-order chi connectivity index (χ1) is 9.16. The molecule has 1 heterocycles. The van der Waals surface area contributed by atoms with Crippen LogP contribution in [-0.4, -0.2) is 24.1 Å². The number of aromatic amines is 1. The van der Waals surface area contributed by atoms with Crippen molar-refractivity contribution in [1.29, 1.82) is 0 Å². The van der Waals surface area contributed by atoms with Gasteiger partial charge in [-0.3, -0.25) is 4.79 Å². The van der Waals surface area contributed by atoms with Gasteiger partial charge in [-0.1, -0.05) is 12.1 Å². The number of pyridine rings is 1. The Hall–Kier alpha value is -1.23. The lowest BCUT2D eigenvalue weighted by Crippen LogP contribution is -2.43. The summed E-state index contributed by atoms with van der Waals surface area (Å²) in [5, 5.41) is 0.732. The van der Waals surface area contributed by atoms with Gasteiger partial charge in [-0.05, 0) is 31.4 Å². The number of nitrogens with one attached hydrogen (secondary N) is 1. The summed E-state index contributed by atoms with van der Waals surface area (Å²) in [5.41, 5.74) is 7.07. The summed E-state index contributed by atoms with van der Waals surface area (Å²) in [6, 6.07) is 9.78. The Morgan fingerprint density at radius 1 is 1.24 bits per heavy atom. The van der Waals surface area contributed by atoms with Gasteiger partial charge in [0.1, 0.15) is 5.82 Å². The fourth-order valence-electron chi connectivity index (χ4n) is 3.00. The molecule has 2 atom stereocenters. The smallest absolute Gasteiger partial charge is 0.191 e. The minimum Gasteiger partial charge on any atom is -0.357 e. The van der Waals surface area contributed by atoms with E-state index >= 15 is 0 Å². The van der Waals surface area contributed by atoms with Crippen molar-refractivity contribution in [3.05, 3.63) is 40.6 Å². The number of hydrogen-bond acceptors (Lipinski definition) is 3. The Morgan fingerprint density at radius 3 is 2.62 bits per heavy atom. The first-order valence-electron chi connectivity index (χ1n) is 6.77. The number of halogens is 2. The molecule has 1 aliphatic rings. The van der Waals surface area contributed by atoms with Gasteiger partial charge in [-0.25, -0.2) is 0 Å². The first kappa shape index (κ1) is 17.8. The summed E-state index contributed by atoms with van der Waals surface area (Å²) in [6.07, 6.45) is 3.31. The van der Waals surface area contributed by atoms with Crippen molar-refractivity contribution in [2.45, 2.75) is 31.3 Å². The topological polar surface area (TPSA) is 62.1 Å². The predicted molar refractivity (Wildman–Crippen MR) is 93.1 cm³/mol. The minimum atomic E-state index is 0. The lowest BCUT2D eigenvalue weighted by molar-refractivity contribution is 0.569. The lowest BCUT2D eigenvalue weighted by Gasteiger charge is -2.29. The zero-order valence-electron chi connectivity index (χ0n) is 11.9. The molecule has 6 heteroatoms. The van der Waals surface area contributed by atoms with Crippen LogP contribution >= 0.6 is 24.8 Å². The van der Waals surface area contributed by atoms with E-state index in [-0.39, 0.29) is 36.3 Å². The zero-order valence-corrected chi connectivity index (χ0v) is 13.5. The molecule has 0 amide bonds. The third kappa shape index (κ3) is 3.34. The molecule has 1 aromatic carbocycles. The summed E-state index contributed by atoms with van der Waals surface area (Å²) in [4.78, 5) is 17.6. The van der Waals surface area contributed by atoms with Crippen LogP contribution in [0.3, 0.4) is 0 Å². The van der Waals surface area contributed by atoms with Gasteiger partial charge >= 0.3 is 0 Å². The largest absolute Gasteiger partial charge is 0.357 e. The number of rotatable bonds is 2. The van der Waals surface area contributed by atoms with Gasteiger partial charge in [-0.15, -0.1) is 24.8 Å². The number of hydrogen-bond donors (Lipinski definition) is 2. The maximum atomic E-state index is 12.1. The molecule has 1 aromatic heterocycles. The van der Waals surface area contributed by atoms with E-state index in [0.717, 1.165) is 36.0 Å². The van der Waals surface area contributed by atoms with Gasteiger partial charge in [0, 0.05) is 30.6 Å². The highest BCUT2D eigenvalue weighted by atomic mass is 35.5. The number of nitrogens with zero attached hydrogens (tertiary/aromatic N) is 1. The average molecular weight is 330 g/mol. The van der Waals surface area contributed by atoms with Crippen LogP contribution in [0.15, 0.2) is 35.1 Å². The van der Waals surface area contributed by atoms with Crippen LogP contribution in [0.1, 0.15) is 19.3 Å². The van der Waals surface area contributed by atoms with Crippen LogP contribution < -0.4 is 16.1 Å². The van der Waals surface area contributed by atoms with Crippen LogP contribution in [0.25, 0.3) is 10.9 Å². The standard InChI is InChI=1S/C15H19N3O.2ClH/c1-18(13-8-4-6-11(13)16)15-9-14(19)10-5-2-3-7-12(10)17-15;;/h2-3,5,7,9,11,13H,4,6,8,16H2,1H3,(H,17,19);2*1H. The fourth-order valence-corrected chi connectivity index (χ4v) is 3.00. The molecule has 0 bridgehead atoms. The summed E-state index contributed by atoms with van der Waals surface area (Å²) in [5.74, 6) is 0.853. The molecule has 0 aliphatic heterocycles. The molecule has 0 spiro atoms. The van der Waals surface area contributed by atoms with Gasteiger partial charge in [0.2, 0.25) is 0 Å². The molecule has 0 saturated heterocycles. The quantitative estimate of drug-likeness (QED) is 0.890. The number of nitrogens with two attached hydrogens (primary N) is 1. The van der Waals surface area contributed by atoms with E-state index < -0.39 is 0 Å². The molecular weight excluding hydrogens is 309 g/mol. The summed E-state index contributed by atoms with van der Waals surface area (Å²) in [6.45, 7) is 0. The molecule has 0 radical (unpaired) electrons. The second kappa shape index (κ2) is 7.16. The summed E-state index contributed by atoms with van der Waals surface area (Å²) in [7, 11) is 2.01. The second-order valence-corrected chi connectivity index (χ2v) is 5.34. The Labute approximate surface area is 136 Å². The van der Waals surface area contributed by atoms with Crippen molar-refractivity contribution in [1.82, 2.24) is 4.98 Å². The molecule has 116 valence electrons. The van der Waals surface area contributed by atoms with Crippen LogP contribution in [-0.2, 0) is 0 Å². The lowest BCUT2D eigenvalue weighted by atomic mass is 10.1. The number of H-pyrrole nitrogens is 1. The molecule has 2 aromatic rings. The maximum absolute atomic E-state index is 12.1. The summed E-state index contributed by atoms with van der Waals surface area (Å²) < 4.78 is 0. The van der Waals surface area contributed by atoms with E-state index in [0.29, 0.717) is 6.04 Å². The van der Waals surface area contributed by atoms with Crippen molar-refractivity contribution in [3.63, 3.8) is 0 Å². The van der Waals surface area contributed by atoms with E-state index in [1.54, 1.807) is 6.07 Å². The number of benzene rings is 1. The SMILES string of the molecule is CN(c1cc(=O)c2ccccc2[nH]1)C1CCCC1N.Cl.Cl. The van der Waals surface area contributed by atoms with E-state index in [9.17, 15) is 4.79 Å². The number of fused-ring (bicyclic) bond motifs is 1. The van der Waals surface area contributed by atoms with Crippen molar-refractivity contribution < 1.29 is 0 Å². The monoisotopic (exact) mass is 329 g/mol. The van der Waals surface area contributed by atoms with Crippen LogP contribution in [0.2, 0.25) is 0 Å². The van der Waals surface area contributed by atoms with Crippen LogP contribution in [0.4, 0.5) is 5.82 Å². The average Bonchev–Trinajstić information content (AvgIpc) is 2.84. The highest BCUT2D eigenvalue weighted by Gasteiger charge is 2.28. The molecule has 3 rings (SSSR count). The maximum Gasteiger partial charge on any atom is 0.191 e. The molecular formula is C15H21Cl2N3O. The van der Waals surface area contributed by atoms with E-state index in [2.05, 4.69) is 9.88 Å². The van der Waals surface area contributed by atoms with Crippen LogP contribution in [0.5, 0.6) is 0 Å². The van der Waals surface area contributed by atoms with Crippen LogP contribution in [0, 0.1) is 0 Å². The normalized spacial score (nSPS) is 20.7. The van der Waals surface area contributed by atoms with Gasteiger partial charge < -0.3 is 15.6 Å². The third-order valence-corrected chi connectivity index (χ3v) is 4.13. The first-order valence-corrected chi connectivity index (χ1v) is 6.77. The molecule has 4 nitrogen and oxygen atoms in total. The Kier molecular flexibility index (Phi) is 6.08. The van der Waals surface area contributed by atoms with E-state index in [1.807, 2.05) is 31.3 Å². The van der Waals surface area contributed by atoms with Gasteiger partial charge in [0.15, 0.2) is 5.43 Å². The predicted octanol–water partition coefficient (Wildman–Crippen LogP) is 2.69. The van der Waals surface area contributed by atoms with E-state index in [1.165, 1.54) is 0 Å². The third-order valence-electron chi connectivity index (χ3n) is 4.13. The second-order valence-electron chi connectivity index (χ2n) is 5.34. The van der Waals surface area contributed by atoms with Crippen molar-refractivity contribution in [2.75, 3.05) is 11.9 Å². The zero-order chi connectivity index (χ0) is 13.4. The Balaban J connectivity index is 0.00000110. The minimum absolute atomic E-state index is 0. The summed E-state index contributed by atoms with van der Waals surface area (Å²) >= 11 is 0. The number of aromatic nitrogens is 1. The van der Waals surface area contributed by atoms with Gasteiger partial charge in [-0.2, -0.15) is 0 Å². The highest BCUT2D eigenvalue weighted by molar-refractivity contribution is 5.85. The van der Waals surface area contributed by atoms with Crippen molar-refractivity contribution in [2.24, 2.45) is 5.73 Å². The molecule has 2 unspecified atom stereocenters. The molecule has 21 heavy (non-hydrogen) atoms.